The first-order chi connectivity index (χ1) is 9.95. The minimum absolute atomic E-state index is 0.154. The van der Waals surface area contributed by atoms with Gasteiger partial charge in [-0.25, -0.2) is 13.1 Å². The summed E-state index contributed by atoms with van der Waals surface area (Å²) in [6.45, 7) is 4.44. The molecule has 114 valence electrons. The van der Waals surface area contributed by atoms with Crippen LogP contribution in [0, 0.1) is 5.92 Å². The molecule has 3 N–H and O–H groups in total. The Bertz CT molecular complexity index is 706. The lowest BCUT2D eigenvalue weighted by molar-refractivity contribution is 0.428. The maximum Gasteiger partial charge on any atom is 0.241 e. The average molecular weight is 306 g/mol. The van der Waals surface area contributed by atoms with Gasteiger partial charge in [-0.2, -0.15) is 0 Å². The first kappa shape index (κ1) is 15.9. The lowest BCUT2D eigenvalue weighted by atomic mass is 10.0. The van der Waals surface area contributed by atoms with Crippen LogP contribution in [0.1, 0.15) is 20.3 Å². The van der Waals surface area contributed by atoms with Crippen LogP contribution in [0.25, 0.3) is 10.8 Å². The zero-order valence-corrected chi connectivity index (χ0v) is 13.2. The fourth-order valence-electron chi connectivity index (χ4n) is 2.40. The van der Waals surface area contributed by atoms with Gasteiger partial charge in [-0.3, -0.25) is 0 Å². The van der Waals surface area contributed by atoms with E-state index in [1.54, 1.807) is 12.1 Å². The summed E-state index contributed by atoms with van der Waals surface area (Å²) in [7, 11) is -3.56. The van der Waals surface area contributed by atoms with Crippen LogP contribution in [0.2, 0.25) is 0 Å². The summed E-state index contributed by atoms with van der Waals surface area (Å²) in [5.74, 6) is 0.193. The highest BCUT2D eigenvalue weighted by atomic mass is 32.2. The third-order valence-electron chi connectivity index (χ3n) is 3.63. The van der Waals surface area contributed by atoms with Crippen molar-refractivity contribution < 1.29 is 8.42 Å². The van der Waals surface area contributed by atoms with Gasteiger partial charge in [0.15, 0.2) is 0 Å². The van der Waals surface area contributed by atoms with E-state index in [1.807, 2.05) is 44.2 Å². The molecule has 0 fully saturated rings. The van der Waals surface area contributed by atoms with Gasteiger partial charge in [-0.1, -0.05) is 50.2 Å². The monoisotopic (exact) mass is 306 g/mol. The third-order valence-corrected chi connectivity index (χ3v) is 5.18. The van der Waals surface area contributed by atoms with Crippen LogP contribution in [0.4, 0.5) is 0 Å². The minimum Gasteiger partial charge on any atom is -0.330 e. The fraction of sp³-hybridized carbons (Fsp3) is 0.375. The lowest BCUT2D eigenvalue weighted by Gasteiger charge is -2.22. The van der Waals surface area contributed by atoms with Gasteiger partial charge in [-0.15, -0.1) is 0 Å². The predicted molar refractivity (Wildman–Crippen MR) is 86.6 cm³/mol. The Balaban J connectivity index is 2.42. The van der Waals surface area contributed by atoms with Crippen LogP contribution >= 0.6 is 0 Å². The number of nitrogens with two attached hydrogens (primary N) is 1. The van der Waals surface area contributed by atoms with Crippen molar-refractivity contribution in [2.24, 2.45) is 11.7 Å². The summed E-state index contributed by atoms with van der Waals surface area (Å²) in [5.41, 5.74) is 5.58. The van der Waals surface area contributed by atoms with Crippen molar-refractivity contribution in [3.8, 4) is 0 Å². The summed E-state index contributed by atoms with van der Waals surface area (Å²) < 4.78 is 28.2. The molecule has 0 saturated carbocycles. The lowest BCUT2D eigenvalue weighted by Crippen LogP contribution is -2.39. The standard InChI is InChI=1S/C16H22N2O2S/c1-12(2)15(10-11-17)18-21(19,20)16-9-5-7-13-6-3-4-8-14(13)16/h3-9,12,15,18H,10-11,17H2,1-2H3. The maximum absolute atomic E-state index is 12.7. The summed E-state index contributed by atoms with van der Waals surface area (Å²) >= 11 is 0. The number of benzene rings is 2. The third kappa shape index (κ3) is 3.61. The van der Waals surface area contributed by atoms with Crippen molar-refractivity contribution in [2.75, 3.05) is 6.54 Å². The first-order valence-corrected chi connectivity index (χ1v) is 8.64. The Kier molecular flexibility index (Phi) is 4.98. The van der Waals surface area contributed by atoms with Crippen molar-refractivity contribution in [3.05, 3.63) is 42.5 Å². The van der Waals surface area contributed by atoms with E-state index in [4.69, 9.17) is 5.73 Å². The molecule has 21 heavy (non-hydrogen) atoms. The van der Waals surface area contributed by atoms with Crippen molar-refractivity contribution in [1.29, 1.82) is 0 Å². The molecule has 2 rings (SSSR count). The molecule has 2 aromatic rings. The first-order valence-electron chi connectivity index (χ1n) is 7.16. The van der Waals surface area contributed by atoms with Crippen molar-refractivity contribution >= 4 is 20.8 Å². The van der Waals surface area contributed by atoms with E-state index < -0.39 is 10.0 Å². The predicted octanol–water partition coefficient (Wildman–Crippen LogP) is 2.49. The number of nitrogens with one attached hydrogen (secondary N) is 1. The van der Waals surface area contributed by atoms with Crippen LogP contribution in [0.3, 0.4) is 0 Å². The molecule has 1 unspecified atom stereocenters. The normalized spacial score (nSPS) is 13.7. The maximum atomic E-state index is 12.7. The number of fused-ring (bicyclic) bond motifs is 1. The van der Waals surface area contributed by atoms with Gasteiger partial charge in [-0.05, 0) is 30.3 Å². The Hall–Kier alpha value is -1.43. The molecule has 0 spiro atoms. The van der Waals surface area contributed by atoms with Gasteiger partial charge >= 0.3 is 0 Å². The van der Waals surface area contributed by atoms with E-state index in [-0.39, 0.29) is 12.0 Å². The van der Waals surface area contributed by atoms with Crippen molar-refractivity contribution in [3.63, 3.8) is 0 Å². The van der Waals surface area contributed by atoms with Crippen LogP contribution in [-0.2, 0) is 10.0 Å². The fourth-order valence-corrected chi connectivity index (χ4v) is 4.05. The molecule has 0 amide bonds. The van der Waals surface area contributed by atoms with Gasteiger partial charge in [0.25, 0.3) is 0 Å². The van der Waals surface area contributed by atoms with Crippen LogP contribution in [-0.4, -0.2) is 21.0 Å². The SMILES string of the molecule is CC(C)C(CCN)NS(=O)(=O)c1cccc2ccccc12. The number of rotatable bonds is 6. The van der Waals surface area contributed by atoms with Crippen LogP contribution in [0.5, 0.6) is 0 Å². The quantitative estimate of drug-likeness (QED) is 0.861. The highest BCUT2D eigenvalue weighted by Gasteiger charge is 2.23. The second-order valence-corrected chi connectivity index (χ2v) is 7.21. The van der Waals surface area contributed by atoms with Crippen molar-refractivity contribution in [2.45, 2.75) is 31.2 Å². The van der Waals surface area contributed by atoms with Gasteiger partial charge in [0.2, 0.25) is 10.0 Å². The molecule has 0 aliphatic heterocycles. The van der Waals surface area contributed by atoms with E-state index in [1.165, 1.54) is 0 Å². The molecular weight excluding hydrogens is 284 g/mol. The average Bonchev–Trinajstić information content (AvgIpc) is 2.46. The minimum atomic E-state index is -3.56. The Morgan fingerprint density at radius 1 is 1.10 bits per heavy atom. The van der Waals surface area contributed by atoms with E-state index in [0.29, 0.717) is 17.9 Å². The molecule has 5 heteroatoms. The van der Waals surface area contributed by atoms with Gasteiger partial charge in [0, 0.05) is 11.4 Å². The van der Waals surface area contributed by atoms with Crippen LogP contribution < -0.4 is 10.5 Å². The summed E-state index contributed by atoms with van der Waals surface area (Å²) in [4.78, 5) is 0.322. The molecule has 2 aromatic carbocycles. The molecule has 0 bridgehead atoms. The molecule has 0 radical (unpaired) electrons. The zero-order valence-electron chi connectivity index (χ0n) is 12.4. The topological polar surface area (TPSA) is 72.2 Å². The number of hydrogen-bond donors (Lipinski definition) is 2. The molecule has 0 aliphatic carbocycles. The number of sulfonamides is 1. The number of hydrogen-bond acceptors (Lipinski definition) is 3. The van der Waals surface area contributed by atoms with E-state index in [9.17, 15) is 8.42 Å². The van der Waals surface area contributed by atoms with E-state index in [0.717, 1.165) is 10.8 Å². The van der Waals surface area contributed by atoms with E-state index in [2.05, 4.69) is 4.72 Å². The highest BCUT2D eigenvalue weighted by molar-refractivity contribution is 7.89. The molecule has 1 atom stereocenters. The highest BCUT2D eigenvalue weighted by Crippen LogP contribution is 2.23. The molecular formula is C16H22N2O2S. The molecule has 0 saturated heterocycles. The van der Waals surface area contributed by atoms with Crippen LogP contribution in [0.15, 0.2) is 47.4 Å². The Morgan fingerprint density at radius 2 is 1.76 bits per heavy atom. The second-order valence-electron chi connectivity index (χ2n) is 5.53. The van der Waals surface area contributed by atoms with Gasteiger partial charge in [0.1, 0.15) is 0 Å². The zero-order chi connectivity index (χ0) is 15.5. The van der Waals surface area contributed by atoms with Crippen molar-refractivity contribution in [1.82, 2.24) is 4.72 Å². The second kappa shape index (κ2) is 6.56. The smallest absolute Gasteiger partial charge is 0.241 e. The van der Waals surface area contributed by atoms with Gasteiger partial charge in [0.05, 0.1) is 4.90 Å². The molecule has 0 aliphatic rings. The summed E-state index contributed by atoms with van der Waals surface area (Å²) in [6.07, 6.45) is 0.627. The Morgan fingerprint density at radius 3 is 2.43 bits per heavy atom. The summed E-state index contributed by atoms with van der Waals surface area (Å²) in [5, 5.41) is 1.66. The molecule has 0 heterocycles. The Labute approximate surface area is 126 Å². The largest absolute Gasteiger partial charge is 0.330 e. The summed E-state index contributed by atoms with van der Waals surface area (Å²) in [6, 6.07) is 12.7. The molecule has 4 nitrogen and oxygen atoms in total. The van der Waals surface area contributed by atoms with E-state index >= 15 is 0 Å². The van der Waals surface area contributed by atoms with Gasteiger partial charge < -0.3 is 5.73 Å². The molecule has 0 aromatic heterocycles.